The van der Waals surface area contributed by atoms with Gasteiger partial charge in [-0.05, 0) is 25.1 Å². The molecule has 0 N–H and O–H groups in total. The highest BCUT2D eigenvalue weighted by molar-refractivity contribution is 6.07. The number of para-hydroxylation sites is 2. The molecule has 6 nitrogen and oxygen atoms in total. The molecule has 2 aromatic rings. The molecule has 2 aromatic carbocycles. The smallest absolute Gasteiger partial charge is 0.409 e. The first-order valence-corrected chi connectivity index (χ1v) is 9.97. The first kappa shape index (κ1) is 19.1. The molecule has 2 aliphatic heterocycles. The van der Waals surface area contributed by atoms with E-state index in [0.29, 0.717) is 32.8 Å². The lowest BCUT2D eigenvalue weighted by molar-refractivity contribution is -0.115. The van der Waals surface area contributed by atoms with Gasteiger partial charge in [0.2, 0.25) is 5.91 Å². The molecule has 2 heterocycles. The van der Waals surface area contributed by atoms with Crippen LogP contribution >= 0.6 is 0 Å². The van der Waals surface area contributed by atoms with Crippen molar-refractivity contribution in [3.8, 4) is 0 Å². The lowest BCUT2D eigenvalue weighted by atomic mass is 10.1. The molecule has 0 spiro atoms. The summed E-state index contributed by atoms with van der Waals surface area (Å²) in [5, 5.41) is 0. The van der Waals surface area contributed by atoms with E-state index in [1.807, 2.05) is 49.4 Å². The molecule has 0 atom stereocenters. The Morgan fingerprint density at radius 1 is 0.931 bits per heavy atom. The molecule has 2 amide bonds. The maximum atomic E-state index is 12.6. The minimum atomic E-state index is -0.254. The third-order valence-corrected chi connectivity index (χ3v) is 5.35. The number of ether oxygens (including phenoxy) is 1. The summed E-state index contributed by atoms with van der Waals surface area (Å²) in [5.41, 5.74) is 4.85. The quantitative estimate of drug-likeness (QED) is 0.778. The normalized spacial score (nSPS) is 15.8. The van der Waals surface area contributed by atoms with E-state index in [0.717, 1.165) is 28.2 Å². The lowest BCUT2D eigenvalue weighted by Gasteiger charge is -2.37. The molecular weight excluding hydrogens is 366 g/mol. The van der Waals surface area contributed by atoms with Crippen molar-refractivity contribution in [2.24, 2.45) is 0 Å². The zero-order valence-electron chi connectivity index (χ0n) is 16.8. The molecule has 1 fully saturated rings. The minimum absolute atomic E-state index is 0.0216. The average molecular weight is 391 g/mol. The predicted molar refractivity (Wildman–Crippen MR) is 114 cm³/mol. The molecule has 2 aliphatic rings. The molecule has 4 rings (SSSR count). The molecule has 29 heavy (non-hydrogen) atoms. The highest BCUT2D eigenvalue weighted by Gasteiger charge is 2.29. The van der Waals surface area contributed by atoms with Gasteiger partial charge in [-0.3, -0.25) is 9.69 Å². The molecule has 6 heteroatoms. The van der Waals surface area contributed by atoms with Crippen LogP contribution in [0.5, 0.6) is 0 Å². The Bertz CT molecular complexity index is 961. The molecule has 0 unspecified atom stereocenters. The Kier molecular flexibility index (Phi) is 5.25. The summed E-state index contributed by atoms with van der Waals surface area (Å²) < 4.78 is 5.13. The number of carbonyl (C=O) groups excluding carboxylic acids is 2. The molecular formula is C23H25N3O3. The number of nitrogens with zero attached hydrogens (tertiary/aromatic N) is 3. The number of hydrogen-bond donors (Lipinski definition) is 0. The Balaban J connectivity index is 1.72. The van der Waals surface area contributed by atoms with E-state index >= 15 is 0 Å². The van der Waals surface area contributed by atoms with Crippen LogP contribution in [0.4, 0.5) is 16.2 Å². The molecule has 0 bridgehead atoms. The van der Waals surface area contributed by atoms with Gasteiger partial charge >= 0.3 is 6.09 Å². The van der Waals surface area contributed by atoms with Gasteiger partial charge in [-0.2, -0.15) is 0 Å². The summed E-state index contributed by atoms with van der Waals surface area (Å²) in [4.78, 5) is 30.4. The number of amides is 2. The van der Waals surface area contributed by atoms with E-state index < -0.39 is 0 Å². The van der Waals surface area contributed by atoms with Crippen LogP contribution in [-0.4, -0.2) is 54.6 Å². The monoisotopic (exact) mass is 391 g/mol. The predicted octanol–water partition coefficient (Wildman–Crippen LogP) is 3.96. The van der Waals surface area contributed by atoms with Gasteiger partial charge in [0.25, 0.3) is 0 Å². The van der Waals surface area contributed by atoms with Gasteiger partial charge in [0.15, 0.2) is 0 Å². The van der Waals surface area contributed by atoms with Crippen LogP contribution in [0.3, 0.4) is 0 Å². The fourth-order valence-corrected chi connectivity index (χ4v) is 4.00. The van der Waals surface area contributed by atoms with Gasteiger partial charge in [0.1, 0.15) is 0 Å². The maximum absolute atomic E-state index is 12.6. The topological polar surface area (TPSA) is 53.1 Å². The van der Waals surface area contributed by atoms with Gasteiger partial charge < -0.3 is 14.5 Å². The number of rotatable bonds is 2. The molecule has 0 aromatic heterocycles. The van der Waals surface area contributed by atoms with E-state index in [1.54, 1.807) is 16.7 Å². The summed E-state index contributed by atoms with van der Waals surface area (Å²) in [6.45, 7) is 6.43. The maximum Gasteiger partial charge on any atom is 0.409 e. The molecule has 0 aliphatic carbocycles. The molecule has 1 saturated heterocycles. The number of hydrogen-bond acceptors (Lipinski definition) is 4. The van der Waals surface area contributed by atoms with Gasteiger partial charge in [-0.25, -0.2) is 4.79 Å². The summed E-state index contributed by atoms with van der Waals surface area (Å²) in [5.74, 6) is -0.0216. The van der Waals surface area contributed by atoms with Crippen molar-refractivity contribution < 1.29 is 14.3 Å². The molecule has 0 saturated carbocycles. The van der Waals surface area contributed by atoms with Crippen molar-refractivity contribution >= 4 is 35.1 Å². The Morgan fingerprint density at radius 3 is 2.28 bits per heavy atom. The SMILES string of the molecule is CCOC(=O)N1CCN(C2=Cc3ccccc3N(C(C)=O)c3ccccc32)CC1. The highest BCUT2D eigenvalue weighted by Crippen LogP contribution is 2.41. The summed E-state index contributed by atoms with van der Waals surface area (Å²) in [6.07, 6.45) is 1.90. The third kappa shape index (κ3) is 3.58. The number of fused-ring (bicyclic) bond motifs is 2. The van der Waals surface area contributed by atoms with Crippen molar-refractivity contribution in [1.82, 2.24) is 9.80 Å². The van der Waals surface area contributed by atoms with Crippen LogP contribution in [0, 0.1) is 0 Å². The van der Waals surface area contributed by atoms with Crippen LogP contribution < -0.4 is 4.90 Å². The number of benzene rings is 2. The van der Waals surface area contributed by atoms with Crippen LogP contribution in [0.1, 0.15) is 25.0 Å². The van der Waals surface area contributed by atoms with Crippen molar-refractivity contribution in [1.29, 1.82) is 0 Å². The summed E-state index contributed by atoms with van der Waals surface area (Å²) in [6, 6.07) is 15.9. The third-order valence-electron chi connectivity index (χ3n) is 5.35. The lowest BCUT2D eigenvalue weighted by Crippen LogP contribution is -2.48. The second-order valence-corrected chi connectivity index (χ2v) is 7.13. The number of anilines is 2. The first-order chi connectivity index (χ1) is 14.1. The summed E-state index contributed by atoms with van der Waals surface area (Å²) >= 11 is 0. The zero-order valence-corrected chi connectivity index (χ0v) is 16.8. The first-order valence-electron chi connectivity index (χ1n) is 9.97. The molecule has 0 radical (unpaired) electrons. The zero-order chi connectivity index (χ0) is 20.4. The van der Waals surface area contributed by atoms with Crippen molar-refractivity contribution in [2.45, 2.75) is 13.8 Å². The summed E-state index contributed by atoms with van der Waals surface area (Å²) in [7, 11) is 0. The number of carbonyl (C=O) groups is 2. The van der Waals surface area contributed by atoms with Crippen molar-refractivity contribution in [2.75, 3.05) is 37.7 Å². The van der Waals surface area contributed by atoms with Crippen molar-refractivity contribution in [3.05, 3.63) is 59.7 Å². The van der Waals surface area contributed by atoms with Gasteiger partial charge in [0, 0.05) is 49.9 Å². The van der Waals surface area contributed by atoms with Gasteiger partial charge in [0.05, 0.1) is 18.0 Å². The van der Waals surface area contributed by atoms with Gasteiger partial charge in [-0.1, -0.05) is 36.4 Å². The average Bonchev–Trinajstić information content (AvgIpc) is 2.88. The highest BCUT2D eigenvalue weighted by atomic mass is 16.6. The largest absolute Gasteiger partial charge is 0.450 e. The van der Waals surface area contributed by atoms with E-state index in [-0.39, 0.29) is 12.0 Å². The Labute approximate surface area is 171 Å². The van der Waals surface area contributed by atoms with Gasteiger partial charge in [-0.15, -0.1) is 0 Å². The van der Waals surface area contributed by atoms with E-state index in [2.05, 4.69) is 17.0 Å². The van der Waals surface area contributed by atoms with Crippen LogP contribution in [-0.2, 0) is 9.53 Å². The van der Waals surface area contributed by atoms with E-state index in [9.17, 15) is 9.59 Å². The Hall–Kier alpha value is -3.28. The fraction of sp³-hybridized carbons (Fsp3) is 0.304. The molecule has 150 valence electrons. The minimum Gasteiger partial charge on any atom is -0.450 e. The van der Waals surface area contributed by atoms with Crippen LogP contribution in [0.2, 0.25) is 0 Å². The van der Waals surface area contributed by atoms with E-state index in [1.165, 1.54) is 0 Å². The fourth-order valence-electron chi connectivity index (χ4n) is 4.00. The standard InChI is InChI=1S/C23H25N3O3/c1-3-29-23(28)25-14-12-24(13-15-25)22-16-18-8-4-6-10-20(18)26(17(2)27)21-11-7-5-9-19(21)22/h4-11,16H,3,12-15H2,1-2H3. The van der Waals surface area contributed by atoms with Crippen LogP contribution in [0.15, 0.2) is 48.5 Å². The Morgan fingerprint density at radius 2 is 1.59 bits per heavy atom. The second-order valence-electron chi connectivity index (χ2n) is 7.13. The number of piperazine rings is 1. The van der Waals surface area contributed by atoms with Crippen molar-refractivity contribution in [3.63, 3.8) is 0 Å². The van der Waals surface area contributed by atoms with E-state index in [4.69, 9.17) is 4.74 Å². The second kappa shape index (κ2) is 7.99. The van der Waals surface area contributed by atoms with Crippen LogP contribution in [0.25, 0.3) is 11.8 Å².